The number of aliphatic hydroxyl groups excluding tert-OH is 1. The molecule has 0 aromatic carbocycles. The molecule has 1 fully saturated rings. The van der Waals surface area contributed by atoms with Crippen molar-refractivity contribution in [3.63, 3.8) is 0 Å². The Morgan fingerprint density at radius 1 is 1.61 bits per heavy atom. The van der Waals surface area contributed by atoms with Gasteiger partial charge in [0.05, 0.1) is 11.1 Å². The van der Waals surface area contributed by atoms with Crippen LogP contribution >= 0.6 is 11.6 Å². The number of carbonyl (C=O) groups is 1. The van der Waals surface area contributed by atoms with Crippen LogP contribution in [0.1, 0.15) is 36.7 Å². The summed E-state index contributed by atoms with van der Waals surface area (Å²) in [5, 5.41) is 12.9. The molecule has 0 aliphatic heterocycles. The molecule has 1 aromatic rings. The molecule has 1 aromatic heterocycles. The summed E-state index contributed by atoms with van der Waals surface area (Å²) in [6, 6.07) is 1.68. The van der Waals surface area contributed by atoms with E-state index in [-0.39, 0.29) is 12.0 Å². The second-order valence-corrected chi connectivity index (χ2v) is 5.31. The Morgan fingerprint density at radius 3 is 3.00 bits per heavy atom. The first-order chi connectivity index (χ1) is 8.60. The fourth-order valence-electron chi connectivity index (χ4n) is 2.49. The summed E-state index contributed by atoms with van der Waals surface area (Å²) < 4.78 is 1.83. The van der Waals surface area contributed by atoms with Gasteiger partial charge >= 0.3 is 0 Å². The molecule has 1 saturated carbocycles. The summed E-state index contributed by atoms with van der Waals surface area (Å²) in [5.41, 5.74) is 0.598. The average molecular weight is 271 g/mol. The number of carbonyl (C=O) groups excluding carboxylic acids is 1. The van der Waals surface area contributed by atoms with Crippen molar-refractivity contribution in [2.75, 3.05) is 6.54 Å². The number of aromatic nitrogens is 1. The zero-order valence-electron chi connectivity index (χ0n) is 10.5. The Balaban J connectivity index is 1.91. The van der Waals surface area contributed by atoms with E-state index in [1.165, 1.54) is 0 Å². The highest BCUT2D eigenvalue weighted by Crippen LogP contribution is 2.24. The Hall–Kier alpha value is -1.00. The van der Waals surface area contributed by atoms with Crippen LogP contribution in [0.5, 0.6) is 0 Å². The molecule has 2 N–H and O–H groups in total. The molecule has 4 nitrogen and oxygen atoms in total. The number of nitrogens with zero attached hydrogens (tertiary/aromatic N) is 1. The number of halogens is 1. The van der Waals surface area contributed by atoms with E-state index in [1.54, 1.807) is 12.3 Å². The highest BCUT2D eigenvalue weighted by Gasteiger charge is 2.23. The predicted octanol–water partition coefficient (Wildman–Crippen LogP) is 2.05. The number of nitrogens with one attached hydrogen (secondary N) is 1. The van der Waals surface area contributed by atoms with Gasteiger partial charge in [-0.25, -0.2) is 0 Å². The molecule has 5 heteroatoms. The van der Waals surface area contributed by atoms with E-state index in [1.807, 2.05) is 11.5 Å². The van der Waals surface area contributed by atoms with Crippen LogP contribution in [0.25, 0.3) is 0 Å². The van der Waals surface area contributed by atoms with Crippen LogP contribution in [-0.4, -0.2) is 28.2 Å². The van der Waals surface area contributed by atoms with E-state index in [0.717, 1.165) is 25.8 Å². The third-order valence-corrected chi connectivity index (χ3v) is 3.71. The maximum Gasteiger partial charge on any atom is 0.267 e. The number of hydrogen-bond acceptors (Lipinski definition) is 2. The van der Waals surface area contributed by atoms with Gasteiger partial charge in [-0.3, -0.25) is 4.79 Å². The number of amides is 1. The second-order valence-electron chi connectivity index (χ2n) is 4.87. The molecule has 2 rings (SSSR count). The van der Waals surface area contributed by atoms with Gasteiger partial charge < -0.3 is 15.0 Å². The molecular weight excluding hydrogens is 252 g/mol. The van der Waals surface area contributed by atoms with E-state index >= 15 is 0 Å². The maximum absolute atomic E-state index is 12.0. The molecule has 2 unspecified atom stereocenters. The van der Waals surface area contributed by atoms with Crippen LogP contribution in [-0.2, 0) is 6.54 Å². The third-order valence-electron chi connectivity index (χ3n) is 3.50. The Labute approximate surface area is 112 Å². The standard InChI is InChI=1S/C13H19ClN2O2/c1-2-16-8-10(14)6-12(16)13(18)15-7-9-3-4-11(17)5-9/h6,8-9,11,17H,2-5,7H2,1H3,(H,15,18). The smallest absolute Gasteiger partial charge is 0.267 e. The van der Waals surface area contributed by atoms with Gasteiger partial charge in [-0.2, -0.15) is 0 Å². The summed E-state index contributed by atoms with van der Waals surface area (Å²) in [5.74, 6) is 0.301. The van der Waals surface area contributed by atoms with E-state index < -0.39 is 0 Å². The molecule has 1 aliphatic rings. The highest BCUT2D eigenvalue weighted by atomic mass is 35.5. The van der Waals surface area contributed by atoms with Gasteiger partial charge in [0, 0.05) is 19.3 Å². The maximum atomic E-state index is 12.0. The zero-order valence-corrected chi connectivity index (χ0v) is 11.3. The molecule has 0 spiro atoms. The molecular formula is C13H19ClN2O2. The van der Waals surface area contributed by atoms with Gasteiger partial charge in [0.1, 0.15) is 5.69 Å². The molecule has 100 valence electrons. The molecule has 0 bridgehead atoms. The molecule has 0 saturated heterocycles. The lowest BCUT2D eigenvalue weighted by molar-refractivity contribution is 0.0936. The van der Waals surface area contributed by atoms with Crippen LogP contribution in [0.2, 0.25) is 5.02 Å². The van der Waals surface area contributed by atoms with E-state index in [9.17, 15) is 9.90 Å². The van der Waals surface area contributed by atoms with E-state index in [2.05, 4.69) is 5.32 Å². The lowest BCUT2D eigenvalue weighted by Gasteiger charge is -2.11. The quantitative estimate of drug-likeness (QED) is 0.880. The summed E-state index contributed by atoms with van der Waals surface area (Å²) in [6.07, 6.45) is 4.18. The topological polar surface area (TPSA) is 54.3 Å². The second kappa shape index (κ2) is 5.76. The lowest BCUT2D eigenvalue weighted by Crippen LogP contribution is -2.30. The zero-order chi connectivity index (χ0) is 13.1. The van der Waals surface area contributed by atoms with Gasteiger partial charge in [-0.15, -0.1) is 0 Å². The van der Waals surface area contributed by atoms with Gasteiger partial charge in [0.25, 0.3) is 5.91 Å². The normalized spacial score (nSPS) is 23.3. The minimum Gasteiger partial charge on any atom is -0.393 e. The third kappa shape index (κ3) is 3.06. The molecule has 2 atom stereocenters. The first-order valence-corrected chi connectivity index (χ1v) is 6.80. The van der Waals surface area contributed by atoms with E-state index in [4.69, 9.17) is 11.6 Å². The Bertz CT molecular complexity index is 431. The Kier molecular flexibility index (Phi) is 4.30. The molecule has 0 radical (unpaired) electrons. The van der Waals surface area contributed by atoms with Crippen LogP contribution in [0.4, 0.5) is 0 Å². The summed E-state index contributed by atoms with van der Waals surface area (Å²) in [6.45, 7) is 3.32. The van der Waals surface area contributed by atoms with Crippen molar-refractivity contribution >= 4 is 17.5 Å². The number of aliphatic hydroxyl groups is 1. The minimum atomic E-state index is -0.194. The molecule has 1 heterocycles. The first-order valence-electron chi connectivity index (χ1n) is 6.42. The monoisotopic (exact) mass is 270 g/mol. The fraction of sp³-hybridized carbons (Fsp3) is 0.615. The number of hydrogen-bond donors (Lipinski definition) is 2. The van der Waals surface area contributed by atoms with Crippen LogP contribution in [0.15, 0.2) is 12.3 Å². The van der Waals surface area contributed by atoms with Crippen molar-refractivity contribution in [2.24, 2.45) is 5.92 Å². The molecule has 1 aliphatic carbocycles. The minimum absolute atomic E-state index is 0.0925. The SMILES string of the molecule is CCn1cc(Cl)cc1C(=O)NCC1CCC(O)C1. The highest BCUT2D eigenvalue weighted by molar-refractivity contribution is 6.31. The van der Waals surface area contributed by atoms with Crippen molar-refractivity contribution in [3.8, 4) is 0 Å². The first kappa shape index (κ1) is 13.4. The molecule has 1 amide bonds. The molecule has 18 heavy (non-hydrogen) atoms. The van der Waals surface area contributed by atoms with Crippen molar-refractivity contribution in [2.45, 2.75) is 38.8 Å². The lowest BCUT2D eigenvalue weighted by atomic mass is 10.1. The number of rotatable bonds is 4. The van der Waals surface area contributed by atoms with E-state index in [0.29, 0.717) is 23.2 Å². The van der Waals surface area contributed by atoms with Gasteiger partial charge in [0.2, 0.25) is 0 Å². The van der Waals surface area contributed by atoms with Crippen molar-refractivity contribution in [1.82, 2.24) is 9.88 Å². The largest absolute Gasteiger partial charge is 0.393 e. The summed E-state index contributed by atoms with van der Waals surface area (Å²) >= 11 is 5.90. The average Bonchev–Trinajstić information content (AvgIpc) is 2.92. The fourth-order valence-corrected chi connectivity index (χ4v) is 2.71. The Morgan fingerprint density at radius 2 is 2.39 bits per heavy atom. The van der Waals surface area contributed by atoms with Crippen LogP contribution in [0.3, 0.4) is 0 Å². The van der Waals surface area contributed by atoms with Gasteiger partial charge in [0.15, 0.2) is 0 Å². The van der Waals surface area contributed by atoms with Crippen LogP contribution in [0, 0.1) is 5.92 Å². The van der Waals surface area contributed by atoms with Crippen molar-refractivity contribution in [3.05, 3.63) is 23.0 Å². The van der Waals surface area contributed by atoms with Crippen LogP contribution < -0.4 is 5.32 Å². The predicted molar refractivity (Wildman–Crippen MR) is 70.8 cm³/mol. The van der Waals surface area contributed by atoms with Crippen molar-refractivity contribution in [1.29, 1.82) is 0 Å². The van der Waals surface area contributed by atoms with Crippen molar-refractivity contribution < 1.29 is 9.90 Å². The van der Waals surface area contributed by atoms with Gasteiger partial charge in [-0.05, 0) is 38.2 Å². The summed E-state index contributed by atoms with van der Waals surface area (Å²) in [4.78, 5) is 12.0. The summed E-state index contributed by atoms with van der Waals surface area (Å²) in [7, 11) is 0. The number of aryl methyl sites for hydroxylation is 1. The van der Waals surface area contributed by atoms with Gasteiger partial charge in [-0.1, -0.05) is 11.6 Å².